The van der Waals surface area contributed by atoms with E-state index >= 15 is 0 Å². The lowest BCUT2D eigenvalue weighted by molar-refractivity contribution is 0.475. The summed E-state index contributed by atoms with van der Waals surface area (Å²) in [5.74, 6) is 0.406. The molecule has 1 heterocycles. The number of aromatic hydroxyl groups is 1. The molecule has 1 aromatic heterocycles. The van der Waals surface area contributed by atoms with Gasteiger partial charge in [-0.05, 0) is 48.5 Å². The summed E-state index contributed by atoms with van der Waals surface area (Å²) in [6, 6.07) is 15.7. The van der Waals surface area contributed by atoms with Crippen molar-refractivity contribution in [3.8, 4) is 17.2 Å². The van der Waals surface area contributed by atoms with E-state index < -0.39 is 0 Å². The Balaban J connectivity index is 1.68. The first-order valence-corrected chi connectivity index (χ1v) is 9.01. The minimum atomic E-state index is -0.0735. The van der Waals surface area contributed by atoms with Gasteiger partial charge in [-0.2, -0.15) is 0 Å². The molecule has 0 aliphatic heterocycles. The fourth-order valence-corrected chi connectivity index (χ4v) is 3.27. The van der Waals surface area contributed by atoms with Gasteiger partial charge in [0.15, 0.2) is 5.58 Å². The van der Waals surface area contributed by atoms with Crippen molar-refractivity contribution in [2.75, 3.05) is 0 Å². The third-order valence-corrected chi connectivity index (χ3v) is 4.59. The largest absolute Gasteiger partial charge is 0.506 e. The number of fused-ring (bicyclic) bond motifs is 1. The van der Waals surface area contributed by atoms with Gasteiger partial charge in [0.2, 0.25) is 5.89 Å². The van der Waals surface area contributed by atoms with Gasteiger partial charge < -0.3 is 9.52 Å². The second-order valence-electron chi connectivity index (χ2n) is 5.77. The van der Waals surface area contributed by atoms with Crippen LogP contribution in [0.5, 0.6) is 5.75 Å². The topological polar surface area (TPSA) is 58.6 Å². The van der Waals surface area contributed by atoms with Gasteiger partial charge in [-0.15, -0.1) is 0 Å². The molecule has 0 saturated heterocycles. The van der Waals surface area contributed by atoms with Crippen LogP contribution in [-0.4, -0.2) is 16.3 Å². The molecule has 0 radical (unpaired) electrons. The minimum Gasteiger partial charge on any atom is -0.506 e. The molecule has 0 bridgehead atoms. The molecule has 0 atom stereocenters. The molecule has 4 rings (SSSR count). The van der Waals surface area contributed by atoms with Crippen LogP contribution >= 0.6 is 34.8 Å². The van der Waals surface area contributed by atoms with Crippen LogP contribution in [0.1, 0.15) is 5.56 Å². The smallest absolute Gasteiger partial charge is 0.227 e. The van der Waals surface area contributed by atoms with Crippen molar-refractivity contribution in [2.45, 2.75) is 0 Å². The van der Waals surface area contributed by atoms with Crippen LogP contribution in [0.3, 0.4) is 0 Å². The van der Waals surface area contributed by atoms with Gasteiger partial charge >= 0.3 is 0 Å². The van der Waals surface area contributed by atoms with Crippen molar-refractivity contribution in [3.05, 3.63) is 75.2 Å². The number of nitrogens with zero attached hydrogens (tertiary/aromatic N) is 2. The lowest BCUT2D eigenvalue weighted by Gasteiger charge is -2.02. The van der Waals surface area contributed by atoms with Crippen LogP contribution in [-0.2, 0) is 0 Å². The highest BCUT2D eigenvalue weighted by molar-refractivity contribution is 6.36. The Labute approximate surface area is 169 Å². The first-order chi connectivity index (χ1) is 13.0. The van der Waals surface area contributed by atoms with Crippen LogP contribution in [0.4, 0.5) is 5.69 Å². The third kappa shape index (κ3) is 3.78. The Morgan fingerprint density at radius 3 is 2.63 bits per heavy atom. The number of oxazole rings is 1. The zero-order chi connectivity index (χ0) is 19.0. The highest BCUT2D eigenvalue weighted by atomic mass is 35.5. The highest BCUT2D eigenvalue weighted by Crippen LogP contribution is 2.31. The van der Waals surface area contributed by atoms with Crippen molar-refractivity contribution < 1.29 is 9.52 Å². The number of phenolic OH excluding ortho intramolecular Hbond substituents is 1. The molecule has 0 fully saturated rings. The van der Waals surface area contributed by atoms with Gasteiger partial charge in [-0.3, -0.25) is 4.99 Å². The van der Waals surface area contributed by atoms with E-state index in [9.17, 15) is 5.11 Å². The van der Waals surface area contributed by atoms with E-state index in [-0.39, 0.29) is 10.8 Å². The molecule has 4 nitrogen and oxygen atoms in total. The molecular weight excluding hydrogens is 407 g/mol. The molecule has 4 aromatic rings. The molecule has 0 saturated carbocycles. The molecule has 27 heavy (non-hydrogen) atoms. The first kappa shape index (κ1) is 17.9. The summed E-state index contributed by atoms with van der Waals surface area (Å²) < 4.78 is 5.78. The van der Waals surface area contributed by atoms with Gasteiger partial charge in [0, 0.05) is 27.4 Å². The fraction of sp³-hybridized carbons (Fsp3) is 0. The predicted molar refractivity (Wildman–Crippen MR) is 110 cm³/mol. The SMILES string of the molecule is Oc1c(Cl)cc(Cl)cc1C=Nc1ccc2oc(-c3cccc(Cl)c3)nc2c1. The molecule has 7 heteroatoms. The average molecular weight is 418 g/mol. The Morgan fingerprint density at radius 2 is 1.81 bits per heavy atom. The van der Waals surface area contributed by atoms with Crippen LogP contribution in [0.15, 0.2) is 64.0 Å². The zero-order valence-corrected chi connectivity index (χ0v) is 15.9. The average Bonchev–Trinajstić information content (AvgIpc) is 3.07. The predicted octanol–water partition coefficient (Wildman–Crippen LogP) is 6.91. The van der Waals surface area contributed by atoms with Crippen LogP contribution in [0.2, 0.25) is 15.1 Å². The van der Waals surface area contributed by atoms with Gasteiger partial charge in [0.1, 0.15) is 11.3 Å². The Hall–Kier alpha value is -2.53. The van der Waals surface area contributed by atoms with Gasteiger partial charge in [0.25, 0.3) is 0 Å². The standard InChI is InChI=1S/C20H11Cl3N2O2/c21-13-3-1-2-11(6-13)20-25-17-9-15(4-5-18(17)27-20)24-10-12-7-14(22)8-16(23)19(12)26/h1-10,26H. The third-order valence-electron chi connectivity index (χ3n) is 3.85. The van der Waals surface area contributed by atoms with Gasteiger partial charge in [-0.1, -0.05) is 40.9 Å². The monoisotopic (exact) mass is 416 g/mol. The number of rotatable bonds is 3. The van der Waals surface area contributed by atoms with E-state index in [0.29, 0.717) is 38.3 Å². The molecular formula is C20H11Cl3N2O2. The van der Waals surface area contributed by atoms with Crippen molar-refractivity contribution >= 4 is 57.8 Å². The number of hydrogen-bond acceptors (Lipinski definition) is 4. The zero-order valence-electron chi connectivity index (χ0n) is 13.7. The van der Waals surface area contributed by atoms with Crippen molar-refractivity contribution in [3.63, 3.8) is 0 Å². The van der Waals surface area contributed by atoms with E-state index in [1.165, 1.54) is 12.3 Å². The fourth-order valence-electron chi connectivity index (χ4n) is 2.57. The lowest BCUT2D eigenvalue weighted by Crippen LogP contribution is -1.84. The molecule has 0 aliphatic carbocycles. The minimum absolute atomic E-state index is 0.0735. The summed E-state index contributed by atoms with van der Waals surface area (Å²) in [5, 5.41) is 11.2. The molecule has 1 N–H and O–H groups in total. The number of benzene rings is 3. The van der Waals surface area contributed by atoms with Crippen molar-refractivity contribution in [2.24, 2.45) is 4.99 Å². The summed E-state index contributed by atoms with van der Waals surface area (Å²) in [7, 11) is 0. The van der Waals surface area contributed by atoms with E-state index in [4.69, 9.17) is 39.2 Å². The van der Waals surface area contributed by atoms with Crippen LogP contribution in [0, 0.1) is 0 Å². The number of aliphatic imine (C=N–C) groups is 1. The molecule has 0 unspecified atom stereocenters. The first-order valence-electron chi connectivity index (χ1n) is 7.88. The Morgan fingerprint density at radius 1 is 0.963 bits per heavy atom. The molecule has 134 valence electrons. The number of hydrogen-bond donors (Lipinski definition) is 1. The van der Waals surface area contributed by atoms with Crippen molar-refractivity contribution in [1.82, 2.24) is 4.98 Å². The maximum absolute atomic E-state index is 10.0. The van der Waals surface area contributed by atoms with Crippen LogP contribution in [0.25, 0.3) is 22.6 Å². The summed E-state index contributed by atoms with van der Waals surface area (Å²) in [6.45, 7) is 0. The molecule has 3 aromatic carbocycles. The number of halogens is 3. The molecule has 0 aliphatic rings. The number of phenols is 1. The Kier molecular flexibility index (Phi) is 4.79. The summed E-state index contributed by atoms with van der Waals surface area (Å²) >= 11 is 17.9. The summed E-state index contributed by atoms with van der Waals surface area (Å²) in [4.78, 5) is 8.86. The highest BCUT2D eigenvalue weighted by Gasteiger charge is 2.10. The van der Waals surface area contributed by atoms with E-state index in [1.54, 1.807) is 36.4 Å². The molecule has 0 spiro atoms. The summed E-state index contributed by atoms with van der Waals surface area (Å²) in [5.41, 5.74) is 3.16. The van der Waals surface area contributed by atoms with Gasteiger partial charge in [-0.25, -0.2) is 4.98 Å². The second-order valence-corrected chi connectivity index (χ2v) is 7.05. The van der Waals surface area contributed by atoms with Gasteiger partial charge in [0.05, 0.1) is 10.7 Å². The maximum atomic E-state index is 10.0. The normalized spacial score (nSPS) is 11.5. The number of aromatic nitrogens is 1. The van der Waals surface area contributed by atoms with Crippen molar-refractivity contribution in [1.29, 1.82) is 0 Å². The van der Waals surface area contributed by atoms with E-state index in [1.807, 2.05) is 12.1 Å². The second kappa shape index (κ2) is 7.24. The lowest BCUT2D eigenvalue weighted by atomic mass is 10.2. The molecule has 0 amide bonds. The quantitative estimate of drug-likeness (QED) is 0.368. The van der Waals surface area contributed by atoms with Crippen LogP contribution < -0.4 is 0 Å². The van der Waals surface area contributed by atoms with E-state index in [0.717, 1.165) is 5.56 Å². The van der Waals surface area contributed by atoms with E-state index in [2.05, 4.69) is 9.98 Å². The summed E-state index contributed by atoms with van der Waals surface area (Å²) in [6.07, 6.45) is 1.49. The Bertz CT molecular complexity index is 1190. The maximum Gasteiger partial charge on any atom is 0.227 e.